The molecule has 2 aromatic rings. The van der Waals surface area contributed by atoms with Crippen LogP contribution < -0.4 is 14.9 Å². The van der Waals surface area contributed by atoms with Crippen molar-refractivity contribution in [3.63, 3.8) is 0 Å². The molecule has 0 fully saturated rings. The summed E-state index contributed by atoms with van der Waals surface area (Å²) in [5, 5.41) is 17.9. The van der Waals surface area contributed by atoms with Gasteiger partial charge in [-0.25, -0.2) is 0 Å². The Kier molecular flexibility index (Phi) is 4.39. The predicted octanol–water partition coefficient (Wildman–Crippen LogP) is 2.06. The molecule has 0 aliphatic rings. The van der Waals surface area contributed by atoms with E-state index in [1.54, 1.807) is 0 Å². The van der Waals surface area contributed by atoms with E-state index in [0.29, 0.717) is 17.0 Å². The lowest BCUT2D eigenvalue weighted by molar-refractivity contribution is -0.274. The van der Waals surface area contributed by atoms with Crippen LogP contribution in [-0.2, 0) is 0 Å². The summed E-state index contributed by atoms with van der Waals surface area (Å²) < 4.78 is 45.1. The molecule has 0 aliphatic carbocycles. The van der Waals surface area contributed by atoms with Crippen molar-refractivity contribution >= 4 is 12.6 Å². The molecular formula is C13H10BF3O4. The van der Waals surface area contributed by atoms with Crippen molar-refractivity contribution in [3.05, 3.63) is 48.5 Å². The van der Waals surface area contributed by atoms with Crippen molar-refractivity contribution in [3.8, 4) is 17.2 Å². The molecule has 0 atom stereocenters. The number of alkyl halides is 3. The Morgan fingerprint density at radius 1 is 0.762 bits per heavy atom. The minimum Gasteiger partial charge on any atom is -0.457 e. The zero-order chi connectivity index (χ0) is 15.5. The minimum atomic E-state index is -4.73. The SMILES string of the molecule is OB(O)c1ccc(Oc2ccc(OC(F)(F)F)cc2)cc1. The molecule has 2 aromatic carbocycles. The van der Waals surface area contributed by atoms with Crippen LogP contribution in [0.5, 0.6) is 17.2 Å². The second kappa shape index (κ2) is 6.07. The van der Waals surface area contributed by atoms with E-state index in [9.17, 15) is 13.2 Å². The monoisotopic (exact) mass is 298 g/mol. The fraction of sp³-hybridized carbons (Fsp3) is 0.0769. The first-order valence-electron chi connectivity index (χ1n) is 5.83. The van der Waals surface area contributed by atoms with E-state index in [-0.39, 0.29) is 5.75 Å². The molecule has 0 unspecified atom stereocenters. The molecule has 0 saturated heterocycles. The van der Waals surface area contributed by atoms with Crippen molar-refractivity contribution in [1.29, 1.82) is 0 Å². The first-order valence-corrected chi connectivity index (χ1v) is 5.83. The predicted molar refractivity (Wildman–Crippen MR) is 69.5 cm³/mol. The van der Waals surface area contributed by atoms with Gasteiger partial charge in [-0.05, 0) is 41.9 Å². The Morgan fingerprint density at radius 2 is 1.19 bits per heavy atom. The normalized spacial score (nSPS) is 11.1. The number of hydrogen-bond acceptors (Lipinski definition) is 4. The molecule has 8 heteroatoms. The average Bonchev–Trinajstić information content (AvgIpc) is 2.40. The van der Waals surface area contributed by atoms with Crippen LogP contribution in [0.1, 0.15) is 0 Å². The van der Waals surface area contributed by atoms with Crippen LogP contribution in [-0.4, -0.2) is 23.5 Å². The zero-order valence-electron chi connectivity index (χ0n) is 10.5. The highest BCUT2D eigenvalue weighted by Gasteiger charge is 2.30. The molecule has 0 aromatic heterocycles. The molecule has 4 nitrogen and oxygen atoms in total. The van der Waals surface area contributed by atoms with Crippen LogP contribution in [0.15, 0.2) is 48.5 Å². The van der Waals surface area contributed by atoms with Crippen LogP contribution in [0.4, 0.5) is 13.2 Å². The molecule has 0 aliphatic heterocycles. The second-order valence-electron chi connectivity index (χ2n) is 4.06. The minimum absolute atomic E-state index is 0.302. The van der Waals surface area contributed by atoms with Gasteiger partial charge < -0.3 is 19.5 Å². The molecule has 110 valence electrons. The van der Waals surface area contributed by atoms with Crippen LogP contribution in [0.3, 0.4) is 0 Å². The Hall–Kier alpha value is -2.19. The molecule has 2 rings (SSSR count). The van der Waals surface area contributed by atoms with E-state index < -0.39 is 13.5 Å². The molecule has 0 spiro atoms. The summed E-state index contributed by atoms with van der Waals surface area (Å²) in [6.07, 6.45) is -4.73. The second-order valence-corrected chi connectivity index (χ2v) is 4.06. The summed E-state index contributed by atoms with van der Waals surface area (Å²) in [6.45, 7) is 0. The first-order chi connectivity index (χ1) is 9.83. The smallest absolute Gasteiger partial charge is 0.457 e. The van der Waals surface area contributed by atoms with Crippen LogP contribution in [0.2, 0.25) is 0 Å². The highest BCUT2D eigenvalue weighted by atomic mass is 19.4. The lowest BCUT2D eigenvalue weighted by Gasteiger charge is -2.10. The molecule has 0 radical (unpaired) electrons. The number of rotatable bonds is 4. The van der Waals surface area contributed by atoms with Crippen molar-refractivity contribution in [2.24, 2.45) is 0 Å². The Balaban J connectivity index is 2.03. The van der Waals surface area contributed by atoms with E-state index >= 15 is 0 Å². The van der Waals surface area contributed by atoms with Gasteiger partial charge in [-0.3, -0.25) is 0 Å². The van der Waals surface area contributed by atoms with Gasteiger partial charge in [0, 0.05) is 0 Å². The van der Waals surface area contributed by atoms with Gasteiger partial charge in [-0.2, -0.15) is 0 Å². The third-order valence-electron chi connectivity index (χ3n) is 2.47. The molecule has 0 saturated carbocycles. The molecule has 21 heavy (non-hydrogen) atoms. The van der Waals surface area contributed by atoms with Crippen LogP contribution in [0.25, 0.3) is 0 Å². The molecule has 0 heterocycles. The summed E-state index contributed by atoms with van der Waals surface area (Å²) in [6, 6.07) is 10.9. The van der Waals surface area contributed by atoms with Gasteiger partial charge in [0.05, 0.1) is 0 Å². The van der Waals surface area contributed by atoms with E-state index in [2.05, 4.69) is 4.74 Å². The highest BCUT2D eigenvalue weighted by molar-refractivity contribution is 6.58. The Labute approximate surface area is 118 Å². The maximum Gasteiger partial charge on any atom is 0.573 e. The van der Waals surface area contributed by atoms with Gasteiger partial charge in [-0.15, -0.1) is 13.2 Å². The Morgan fingerprint density at radius 3 is 1.62 bits per heavy atom. The summed E-state index contributed by atoms with van der Waals surface area (Å²) in [7, 11) is -1.57. The van der Waals surface area contributed by atoms with Gasteiger partial charge in [0.15, 0.2) is 0 Å². The van der Waals surface area contributed by atoms with Gasteiger partial charge in [-0.1, -0.05) is 12.1 Å². The van der Waals surface area contributed by atoms with Crippen LogP contribution in [0, 0.1) is 0 Å². The molecule has 0 amide bonds. The van der Waals surface area contributed by atoms with E-state index in [1.165, 1.54) is 36.4 Å². The summed E-state index contributed by atoms with van der Waals surface area (Å²) >= 11 is 0. The fourth-order valence-corrected chi connectivity index (χ4v) is 1.55. The quantitative estimate of drug-likeness (QED) is 0.848. The molecule has 0 bridgehead atoms. The van der Waals surface area contributed by atoms with Gasteiger partial charge >= 0.3 is 13.5 Å². The highest BCUT2D eigenvalue weighted by Crippen LogP contribution is 2.26. The molecule has 2 N–H and O–H groups in total. The van der Waals surface area contributed by atoms with Gasteiger partial charge in [0.2, 0.25) is 0 Å². The van der Waals surface area contributed by atoms with E-state index in [0.717, 1.165) is 12.1 Å². The lowest BCUT2D eigenvalue weighted by Crippen LogP contribution is -2.29. The van der Waals surface area contributed by atoms with E-state index in [4.69, 9.17) is 14.8 Å². The molecular weight excluding hydrogens is 288 g/mol. The summed E-state index contributed by atoms with van der Waals surface area (Å²) in [4.78, 5) is 0. The van der Waals surface area contributed by atoms with Crippen molar-refractivity contribution < 1.29 is 32.7 Å². The van der Waals surface area contributed by atoms with Gasteiger partial charge in [0.25, 0.3) is 0 Å². The van der Waals surface area contributed by atoms with Crippen LogP contribution >= 0.6 is 0 Å². The number of halogens is 3. The standard InChI is InChI=1S/C13H10BF3O4/c15-13(16,17)21-12-7-5-11(6-8-12)20-10-3-1-9(2-4-10)14(18)19/h1-8,18-19H. The third-order valence-corrected chi connectivity index (χ3v) is 2.47. The maximum absolute atomic E-state index is 12.0. The third kappa shape index (κ3) is 4.69. The fourth-order valence-electron chi connectivity index (χ4n) is 1.55. The van der Waals surface area contributed by atoms with Crippen molar-refractivity contribution in [1.82, 2.24) is 0 Å². The van der Waals surface area contributed by atoms with Crippen molar-refractivity contribution in [2.45, 2.75) is 6.36 Å². The van der Waals surface area contributed by atoms with Crippen molar-refractivity contribution in [2.75, 3.05) is 0 Å². The number of ether oxygens (including phenoxy) is 2. The lowest BCUT2D eigenvalue weighted by atomic mass is 9.80. The topological polar surface area (TPSA) is 58.9 Å². The zero-order valence-corrected chi connectivity index (χ0v) is 10.5. The summed E-state index contributed by atoms with van der Waals surface area (Å²) in [5.41, 5.74) is 0.302. The largest absolute Gasteiger partial charge is 0.573 e. The first kappa shape index (κ1) is 15.2. The number of hydrogen-bond donors (Lipinski definition) is 2. The maximum atomic E-state index is 12.0. The average molecular weight is 298 g/mol. The Bertz CT molecular complexity index is 582. The van der Waals surface area contributed by atoms with Gasteiger partial charge in [0.1, 0.15) is 17.2 Å². The van der Waals surface area contributed by atoms with E-state index in [1.807, 2.05) is 0 Å². The summed E-state index contributed by atoms with van der Waals surface area (Å²) in [5.74, 6) is 0.388. The number of benzene rings is 2.